The monoisotopic (exact) mass is 290 g/mol. The van der Waals surface area contributed by atoms with E-state index in [1.54, 1.807) is 30.3 Å². The van der Waals surface area contributed by atoms with Crippen molar-refractivity contribution >= 4 is 34.5 Å². The van der Waals surface area contributed by atoms with Crippen molar-refractivity contribution in [2.45, 2.75) is 0 Å². The van der Waals surface area contributed by atoms with E-state index in [1.807, 2.05) is 11.4 Å². The quantitative estimate of drug-likeness (QED) is 0.889. The van der Waals surface area contributed by atoms with E-state index in [0.717, 1.165) is 0 Å². The smallest absolute Gasteiger partial charge is 0.265 e. The Morgan fingerprint density at radius 3 is 2.55 bits per heavy atom. The van der Waals surface area contributed by atoms with Crippen LogP contribution in [0.1, 0.15) is 9.67 Å². The fraction of sp³-hybridized carbons (Fsp3) is 0.143. The van der Waals surface area contributed by atoms with E-state index in [-0.39, 0.29) is 18.4 Å². The molecule has 1 heterocycles. The molecule has 0 unspecified atom stereocenters. The highest BCUT2D eigenvalue weighted by Gasteiger charge is 2.07. The van der Waals surface area contributed by atoms with Gasteiger partial charge in [-0.1, -0.05) is 12.1 Å². The minimum absolute atomic E-state index is 0.00815. The Hall–Kier alpha value is -2.18. The Kier molecular flexibility index (Phi) is 4.86. The maximum absolute atomic E-state index is 11.9. The molecule has 0 spiro atoms. The number of anilines is 2. The Morgan fingerprint density at radius 2 is 1.90 bits per heavy atom. The number of amides is 2. The van der Waals surface area contributed by atoms with Crippen LogP contribution in [-0.2, 0) is 9.53 Å². The van der Waals surface area contributed by atoms with E-state index >= 15 is 0 Å². The third kappa shape index (κ3) is 3.91. The lowest BCUT2D eigenvalue weighted by Crippen LogP contribution is -2.17. The van der Waals surface area contributed by atoms with Crippen LogP contribution in [0.2, 0.25) is 0 Å². The maximum atomic E-state index is 11.9. The first-order valence-electron chi connectivity index (χ1n) is 5.93. The predicted molar refractivity (Wildman–Crippen MR) is 79.2 cm³/mol. The van der Waals surface area contributed by atoms with Gasteiger partial charge in [0.2, 0.25) is 5.91 Å². The number of rotatable bonds is 5. The maximum Gasteiger partial charge on any atom is 0.265 e. The minimum Gasteiger partial charge on any atom is -0.375 e. The normalized spacial score (nSPS) is 10.1. The molecule has 2 rings (SSSR count). The van der Waals surface area contributed by atoms with Gasteiger partial charge in [0.05, 0.1) is 4.88 Å². The van der Waals surface area contributed by atoms with Crippen molar-refractivity contribution in [1.82, 2.24) is 0 Å². The third-order valence-electron chi connectivity index (χ3n) is 2.42. The molecular formula is C14H14N2O3S. The fourth-order valence-electron chi connectivity index (χ4n) is 1.60. The highest BCUT2D eigenvalue weighted by atomic mass is 32.1. The van der Waals surface area contributed by atoms with Crippen LogP contribution in [0.15, 0.2) is 41.8 Å². The van der Waals surface area contributed by atoms with Crippen molar-refractivity contribution in [2.75, 3.05) is 24.4 Å². The van der Waals surface area contributed by atoms with Gasteiger partial charge in [-0.15, -0.1) is 11.3 Å². The van der Waals surface area contributed by atoms with Crippen LogP contribution in [0.3, 0.4) is 0 Å². The highest BCUT2D eigenvalue weighted by Crippen LogP contribution is 2.17. The van der Waals surface area contributed by atoms with Crippen LogP contribution in [0.25, 0.3) is 0 Å². The molecule has 0 aliphatic carbocycles. The van der Waals surface area contributed by atoms with Gasteiger partial charge in [-0.05, 0) is 29.6 Å². The van der Waals surface area contributed by atoms with Crippen molar-refractivity contribution < 1.29 is 14.3 Å². The molecule has 0 atom stereocenters. The average Bonchev–Trinajstić information content (AvgIpc) is 2.93. The summed E-state index contributed by atoms with van der Waals surface area (Å²) in [6, 6.07) is 10.5. The fourth-order valence-corrected chi connectivity index (χ4v) is 2.22. The highest BCUT2D eigenvalue weighted by molar-refractivity contribution is 7.12. The Bertz CT molecular complexity index is 596. The number of benzene rings is 1. The zero-order valence-electron chi connectivity index (χ0n) is 10.9. The second kappa shape index (κ2) is 6.83. The summed E-state index contributed by atoms with van der Waals surface area (Å²) in [7, 11) is 1.46. The lowest BCUT2D eigenvalue weighted by molar-refractivity contribution is -0.119. The summed E-state index contributed by atoms with van der Waals surface area (Å²) in [4.78, 5) is 24.0. The van der Waals surface area contributed by atoms with Gasteiger partial charge >= 0.3 is 0 Å². The van der Waals surface area contributed by atoms with Gasteiger partial charge in [-0.3, -0.25) is 9.59 Å². The summed E-state index contributed by atoms with van der Waals surface area (Å²) < 4.78 is 4.74. The zero-order valence-corrected chi connectivity index (χ0v) is 11.7. The van der Waals surface area contributed by atoms with Crippen LogP contribution in [0.5, 0.6) is 0 Å². The topological polar surface area (TPSA) is 67.4 Å². The molecule has 2 amide bonds. The molecule has 1 aromatic carbocycles. The summed E-state index contributed by atoms with van der Waals surface area (Å²) in [6.45, 7) is -0.00815. The molecule has 5 nitrogen and oxygen atoms in total. The first-order chi connectivity index (χ1) is 9.69. The summed E-state index contributed by atoms with van der Waals surface area (Å²) in [5.41, 5.74) is 1.23. The van der Waals surface area contributed by atoms with Crippen LogP contribution in [0.4, 0.5) is 11.4 Å². The first kappa shape index (κ1) is 14.2. The molecule has 2 N–H and O–H groups in total. The number of methoxy groups -OCH3 is 1. The van der Waals surface area contributed by atoms with Gasteiger partial charge in [0.1, 0.15) is 6.61 Å². The van der Waals surface area contributed by atoms with Gasteiger partial charge in [-0.2, -0.15) is 0 Å². The second-order valence-corrected chi connectivity index (χ2v) is 4.94. The Labute approximate surface area is 120 Å². The van der Waals surface area contributed by atoms with E-state index in [9.17, 15) is 9.59 Å². The molecular weight excluding hydrogens is 276 g/mol. The third-order valence-corrected chi connectivity index (χ3v) is 3.29. The standard InChI is InChI=1S/C14H14N2O3S/c1-19-9-13(17)15-10-4-2-5-11(8-10)16-14(18)12-6-3-7-20-12/h2-8H,9H2,1H3,(H,15,17)(H,16,18). The summed E-state index contributed by atoms with van der Waals surface area (Å²) >= 11 is 1.37. The van der Waals surface area contributed by atoms with Crippen LogP contribution < -0.4 is 10.6 Å². The average molecular weight is 290 g/mol. The van der Waals surface area contributed by atoms with Crippen molar-refractivity contribution in [1.29, 1.82) is 0 Å². The summed E-state index contributed by atoms with van der Waals surface area (Å²) in [5, 5.41) is 7.30. The molecule has 0 aliphatic heterocycles. The molecule has 0 bridgehead atoms. The number of nitrogens with one attached hydrogen (secondary N) is 2. The van der Waals surface area contributed by atoms with Gasteiger partial charge < -0.3 is 15.4 Å². The number of carbonyl (C=O) groups is 2. The van der Waals surface area contributed by atoms with Gasteiger partial charge in [0.25, 0.3) is 5.91 Å². The van der Waals surface area contributed by atoms with Crippen molar-refractivity contribution in [2.24, 2.45) is 0 Å². The van der Waals surface area contributed by atoms with Crippen molar-refractivity contribution in [3.8, 4) is 0 Å². The van der Waals surface area contributed by atoms with Crippen molar-refractivity contribution in [3.05, 3.63) is 46.7 Å². The first-order valence-corrected chi connectivity index (χ1v) is 6.80. The number of thiophene rings is 1. The lowest BCUT2D eigenvalue weighted by atomic mass is 10.2. The van der Waals surface area contributed by atoms with Crippen LogP contribution in [-0.4, -0.2) is 25.5 Å². The SMILES string of the molecule is COCC(=O)Nc1cccc(NC(=O)c2cccs2)c1. The molecule has 104 valence electrons. The largest absolute Gasteiger partial charge is 0.375 e. The second-order valence-electron chi connectivity index (χ2n) is 3.99. The molecule has 1 aromatic heterocycles. The summed E-state index contributed by atoms with van der Waals surface area (Å²) in [6.07, 6.45) is 0. The van der Waals surface area contributed by atoms with Gasteiger partial charge in [0.15, 0.2) is 0 Å². The molecule has 20 heavy (non-hydrogen) atoms. The number of hydrogen-bond acceptors (Lipinski definition) is 4. The van der Waals surface area contributed by atoms with E-state index in [1.165, 1.54) is 18.4 Å². The molecule has 2 aromatic rings. The Balaban J connectivity index is 2.02. The minimum atomic E-state index is -0.241. The lowest BCUT2D eigenvalue weighted by Gasteiger charge is -2.08. The summed E-state index contributed by atoms with van der Waals surface area (Å²) in [5.74, 6) is -0.408. The molecule has 6 heteroatoms. The number of ether oxygens (including phenoxy) is 1. The van der Waals surface area contributed by atoms with E-state index < -0.39 is 0 Å². The van der Waals surface area contributed by atoms with E-state index in [0.29, 0.717) is 16.3 Å². The molecule has 0 saturated carbocycles. The molecule has 0 fully saturated rings. The van der Waals surface area contributed by atoms with Crippen molar-refractivity contribution in [3.63, 3.8) is 0 Å². The number of hydrogen-bond donors (Lipinski definition) is 2. The zero-order chi connectivity index (χ0) is 14.4. The van der Waals surface area contributed by atoms with Gasteiger partial charge in [0, 0.05) is 18.5 Å². The van der Waals surface area contributed by atoms with Crippen LogP contribution in [0, 0.1) is 0 Å². The van der Waals surface area contributed by atoms with E-state index in [4.69, 9.17) is 4.74 Å². The van der Waals surface area contributed by atoms with E-state index in [2.05, 4.69) is 10.6 Å². The van der Waals surface area contributed by atoms with Gasteiger partial charge in [-0.25, -0.2) is 0 Å². The molecule has 0 radical (unpaired) electrons. The van der Waals surface area contributed by atoms with Crippen LogP contribution >= 0.6 is 11.3 Å². The Morgan fingerprint density at radius 1 is 1.15 bits per heavy atom. The number of carbonyl (C=O) groups excluding carboxylic acids is 2. The predicted octanol–water partition coefficient (Wildman–Crippen LogP) is 2.59. The molecule has 0 aliphatic rings. The molecule has 0 saturated heterocycles.